The Labute approximate surface area is 136 Å². The van der Waals surface area contributed by atoms with Gasteiger partial charge in [0.1, 0.15) is 0 Å². The van der Waals surface area contributed by atoms with E-state index in [1.807, 2.05) is 19.3 Å². The second kappa shape index (κ2) is 7.28. The van der Waals surface area contributed by atoms with Crippen molar-refractivity contribution in [2.24, 2.45) is 17.8 Å². The summed E-state index contributed by atoms with van der Waals surface area (Å²) in [6.45, 7) is 4.68. The number of nitrogens with one attached hydrogen (secondary N) is 1. The second-order valence-corrected chi connectivity index (χ2v) is 4.65. The lowest BCUT2D eigenvalue weighted by Gasteiger charge is -2.07. The Morgan fingerprint density at radius 2 is 2.10 bits per heavy atom. The van der Waals surface area contributed by atoms with Gasteiger partial charge in [-0.15, -0.1) is 24.0 Å². The van der Waals surface area contributed by atoms with Crippen molar-refractivity contribution in [1.82, 2.24) is 9.78 Å². The number of hydrogen-bond donors (Lipinski definition) is 2. The van der Waals surface area contributed by atoms with Gasteiger partial charge in [-0.2, -0.15) is 5.10 Å². The number of benzene rings is 1. The predicted octanol–water partition coefficient (Wildman–Crippen LogP) is 2.58. The van der Waals surface area contributed by atoms with Crippen molar-refractivity contribution in [3.63, 3.8) is 0 Å². The van der Waals surface area contributed by atoms with Gasteiger partial charge in [-0.3, -0.25) is 4.68 Å². The highest BCUT2D eigenvalue weighted by atomic mass is 127. The number of rotatable bonds is 3. The molecule has 0 unspecified atom stereocenters. The number of anilines is 1. The summed E-state index contributed by atoms with van der Waals surface area (Å²) < 4.78 is 1.75. The van der Waals surface area contributed by atoms with E-state index < -0.39 is 0 Å². The Morgan fingerprint density at radius 1 is 1.35 bits per heavy atom. The van der Waals surface area contributed by atoms with Gasteiger partial charge in [0.15, 0.2) is 5.96 Å². The first-order valence-electron chi connectivity index (χ1n) is 6.16. The Morgan fingerprint density at radius 3 is 2.70 bits per heavy atom. The largest absolute Gasteiger partial charge is 0.370 e. The van der Waals surface area contributed by atoms with Crippen LogP contribution in [0.2, 0.25) is 0 Å². The van der Waals surface area contributed by atoms with Crippen molar-refractivity contribution in [1.29, 1.82) is 0 Å². The van der Waals surface area contributed by atoms with Gasteiger partial charge in [-0.1, -0.05) is 6.07 Å². The minimum absolute atomic E-state index is 0. The number of hydrogen-bond acceptors (Lipinski definition) is 2. The van der Waals surface area contributed by atoms with Crippen molar-refractivity contribution < 1.29 is 0 Å². The fraction of sp³-hybridized carbons (Fsp3) is 0.286. The molecule has 0 atom stereocenters. The van der Waals surface area contributed by atoms with Crippen LogP contribution in [0.3, 0.4) is 0 Å². The molecular weight excluding hydrogens is 365 g/mol. The van der Waals surface area contributed by atoms with Crippen LogP contribution in [0, 0.1) is 13.8 Å². The van der Waals surface area contributed by atoms with Crippen LogP contribution in [-0.4, -0.2) is 15.7 Å². The molecule has 5 nitrogen and oxygen atoms in total. The van der Waals surface area contributed by atoms with Crippen molar-refractivity contribution >= 4 is 35.6 Å². The van der Waals surface area contributed by atoms with Crippen LogP contribution in [-0.2, 0) is 13.6 Å². The highest BCUT2D eigenvalue weighted by molar-refractivity contribution is 14.0. The lowest BCUT2D eigenvalue weighted by atomic mass is 10.1. The number of halogens is 1. The molecule has 6 heteroatoms. The van der Waals surface area contributed by atoms with Crippen molar-refractivity contribution in [3.8, 4) is 0 Å². The summed E-state index contributed by atoms with van der Waals surface area (Å²) in [5.74, 6) is 0.409. The van der Waals surface area contributed by atoms with Gasteiger partial charge in [-0.05, 0) is 37.1 Å². The van der Waals surface area contributed by atoms with Gasteiger partial charge in [0.25, 0.3) is 0 Å². The van der Waals surface area contributed by atoms with Gasteiger partial charge in [-0.25, -0.2) is 4.99 Å². The first-order valence-corrected chi connectivity index (χ1v) is 6.16. The summed E-state index contributed by atoms with van der Waals surface area (Å²) in [5, 5.41) is 7.17. The Kier molecular flexibility index (Phi) is 6.00. The molecule has 0 fully saturated rings. The lowest BCUT2D eigenvalue weighted by Crippen LogP contribution is -2.22. The van der Waals surface area contributed by atoms with Crippen LogP contribution in [0.25, 0.3) is 0 Å². The molecule has 20 heavy (non-hydrogen) atoms. The van der Waals surface area contributed by atoms with Gasteiger partial charge in [0, 0.05) is 24.5 Å². The third-order valence-electron chi connectivity index (χ3n) is 2.97. The molecule has 0 saturated heterocycles. The number of aliphatic imine (C=N–C) groups is 1. The third-order valence-corrected chi connectivity index (χ3v) is 2.97. The van der Waals surface area contributed by atoms with Crippen LogP contribution < -0.4 is 11.1 Å². The van der Waals surface area contributed by atoms with Crippen molar-refractivity contribution in [2.75, 3.05) is 5.32 Å². The summed E-state index contributed by atoms with van der Waals surface area (Å²) >= 11 is 0. The molecule has 0 spiro atoms. The minimum Gasteiger partial charge on any atom is -0.370 e. The fourth-order valence-corrected chi connectivity index (χ4v) is 1.74. The van der Waals surface area contributed by atoms with Gasteiger partial charge in [0.2, 0.25) is 0 Å². The molecule has 108 valence electrons. The number of nitrogens with zero attached hydrogens (tertiary/aromatic N) is 3. The van der Waals surface area contributed by atoms with E-state index in [2.05, 4.69) is 41.4 Å². The van der Waals surface area contributed by atoms with E-state index in [4.69, 9.17) is 5.73 Å². The normalized spacial score (nSPS) is 11.1. The summed E-state index contributed by atoms with van der Waals surface area (Å²) in [7, 11) is 1.88. The summed E-state index contributed by atoms with van der Waals surface area (Å²) in [6.07, 6.45) is 3.71. The molecule has 2 aromatic rings. The second-order valence-electron chi connectivity index (χ2n) is 4.65. The van der Waals surface area contributed by atoms with Gasteiger partial charge < -0.3 is 11.1 Å². The molecule has 2 rings (SSSR count). The monoisotopic (exact) mass is 385 g/mol. The molecule has 0 amide bonds. The quantitative estimate of drug-likeness (QED) is 0.485. The standard InChI is InChI=1S/C14H19N5.HI/c1-10-4-5-13(6-11(10)2)18-14(15)16-7-12-8-17-19(3)9-12;/h4-6,8-9H,7H2,1-3H3,(H3,15,16,18);1H. The maximum atomic E-state index is 5.86. The van der Waals surface area contributed by atoms with Crippen LogP contribution >= 0.6 is 24.0 Å². The number of aryl methyl sites for hydroxylation is 3. The SMILES string of the molecule is Cc1ccc(NC(N)=NCc2cnn(C)c2)cc1C.I. The molecule has 0 radical (unpaired) electrons. The zero-order valence-corrected chi connectivity index (χ0v) is 14.3. The number of guanidine groups is 1. The van der Waals surface area contributed by atoms with E-state index in [9.17, 15) is 0 Å². The summed E-state index contributed by atoms with van der Waals surface area (Å²) in [4.78, 5) is 4.29. The van der Waals surface area contributed by atoms with Crippen LogP contribution in [0.15, 0.2) is 35.6 Å². The van der Waals surface area contributed by atoms with Crippen molar-refractivity contribution in [3.05, 3.63) is 47.3 Å². The molecule has 1 aromatic carbocycles. The average molecular weight is 385 g/mol. The molecule has 1 aromatic heterocycles. The van der Waals surface area contributed by atoms with E-state index in [-0.39, 0.29) is 24.0 Å². The number of nitrogens with two attached hydrogens (primary N) is 1. The molecule has 3 N–H and O–H groups in total. The molecule has 0 aliphatic carbocycles. The zero-order chi connectivity index (χ0) is 13.8. The lowest BCUT2D eigenvalue weighted by molar-refractivity contribution is 0.767. The van der Waals surface area contributed by atoms with E-state index in [1.165, 1.54) is 11.1 Å². The minimum atomic E-state index is 0. The first kappa shape index (κ1) is 16.5. The molecular formula is C14H20IN5. The fourth-order valence-electron chi connectivity index (χ4n) is 1.74. The smallest absolute Gasteiger partial charge is 0.193 e. The molecule has 0 saturated carbocycles. The van der Waals surface area contributed by atoms with Gasteiger partial charge in [0.05, 0.1) is 12.7 Å². The Balaban J connectivity index is 0.00000200. The highest BCUT2D eigenvalue weighted by Crippen LogP contribution is 2.13. The number of aromatic nitrogens is 2. The van der Waals surface area contributed by atoms with Gasteiger partial charge >= 0.3 is 0 Å². The summed E-state index contributed by atoms with van der Waals surface area (Å²) in [6, 6.07) is 6.11. The molecule has 0 aliphatic rings. The topological polar surface area (TPSA) is 68.2 Å². The molecule has 1 heterocycles. The Hall–Kier alpha value is -1.57. The third kappa shape index (κ3) is 4.52. The highest BCUT2D eigenvalue weighted by Gasteiger charge is 1.99. The zero-order valence-electron chi connectivity index (χ0n) is 11.9. The van der Waals surface area contributed by atoms with Crippen molar-refractivity contribution in [2.45, 2.75) is 20.4 Å². The van der Waals surface area contributed by atoms with E-state index in [0.29, 0.717) is 12.5 Å². The maximum Gasteiger partial charge on any atom is 0.193 e. The van der Waals surface area contributed by atoms with Crippen LogP contribution in [0.5, 0.6) is 0 Å². The average Bonchev–Trinajstić information content (AvgIpc) is 2.77. The van der Waals surface area contributed by atoms with E-state index in [0.717, 1.165) is 11.3 Å². The molecule has 0 aliphatic heterocycles. The van der Waals surface area contributed by atoms with Crippen LogP contribution in [0.1, 0.15) is 16.7 Å². The maximum absolute atomic E-state index is 5.86. The van der Waals surface area contributed by atoms with Crippen LogP contribution in [0.4, 0.5) is 5.69 Å². The Bertz CT molecular complexity index is 603. The van der Waals surface area contributed by atoms with E-state index in [1.54, 1.807) is 10.9 Å². The van der Waals surface area contributed by atoms with E-state index >= 15 is 0 Å². The summed E-state index contributed by atoms with van der Waals surface area (Å²) in [5.41, 5.74) is 10.3. The first-order chi connectivity index (χ1) is 9.04. The predicted molar refractivity (Wildman–Crippen MR) is 93.5 cm³/mol. The molecule has 0 bridgehead atoms.